The summed E-state index contributed by atoms with van der Waals surface area (Å²) in [5.41, 5.74) is 1.84. The minimum atomic E-state index is -0.190. The van der Waals surface area contributed by atoms with Gasteiger partial charge in [-0.15, -0.1) is 0 Å². The third kappa shape index (κ3) is 3.04. The molecule has 1 aromatic heterocycles. The van der Waals surface area contributed by atoms with Crippen LogP contribution in [0.2, 0.25) is 0 Å². The molecular formula is C18H23N3O4S. The second-order valence-corrected chi connectivity index (χ2v) is 8.18. The summed E-state index contributed by atoms with van der Waals surface area (Å²) in [4.78, 5) is 43.6. The number of likely N-dealkylation sites (tertiary alicyclic amines) is 1. The molecule has 0 spiro atoms. The Kier molecular flexibility index (Phi) is 4.77. The van der Waals surface area contributed by atoms with Gasteiger partial charge in [0.2, 0.25) is 5.91 Å². The van der Waals surface area contributed by atoms with E-state index in [1.165, 1.54) is 7.11 Å². The van der Waals surface area contributed by atoms with E-state index in [9.17, 15) is 14.4 Å². The van der Waals surface area contributed by atoms with Gasteiger partial charge < -0.3 is 9.64 Å². The summed E-state index contributed by atoms with van der Waals surface area (Å²) in [6, 6.07) is -0.119. The molecule has 1 atom stereocenters. The molecule has 1 aromatic rings. The van der Waals surface area contributed by atoms with Crippen molar-refractivity contribution in [2.24, 2.45) is 5.92 Å². The van der Waals surface area contributed by atoms with E-state index in [1.807, 2.05) is 4.90 Å². The summed E-state index contributed by atoms with van der Waals surface area (Å²) < 4.78 is 6.54. The third-order valence-corrected chi connectivity index (χ3v) is 6.76. The maximum Gasteiger partial charge on any atom is 0.308 e. The van der Waals surface area contributed by atoms with E-state index in [-0.39, 0.29) is 29.4 Å². The van der Waals surface area contributed by atoms with Crippen molar-refractivity contribution in [1.29, 1.82) is 0 Å². The van der Waals surface area contributed by atoms with E-state index >= 15 is 0 Å². The molecule has 1 unspecified atom stereocenters. The molecule has 3 heterocycles. The van der Waals surface area contributed by atoms with Crippen LogP contribution in [0.25, 0.3) is 0 Å². The van der Waals surface area contributed by atoms with Crippen LogP contribution in [0.4, 0.5) is 0 Å². The predicted molar refractivity (Wildman–Crippen MR) is 96.2 cm³/mol. The molecule has 4 rings (SSSR count). The summed E-state index contributed by atoms with van der Waals surface area (Å²) in [7, 11) is 1.40. The Labute approximate surface area is 156 Å². The van der Waals surface area contributed by atoms with Crippen LogP contribution < -0.4 is 5.56 Å². The molecule has 0 saturated carbocycles. The molecule has 7 nitrogen and oxygen atoms in total. The average Bonchev–Trinajstić information content (AvgIpc) is 3.29. The number of carbonyl (C=O) groups is 2. The van der Waals surface area contributed by atoms with E-state index in [0.717, 1.165) is 41.4 Å². The first-order valence-corrected chi connectivity index (χ1v) is 10.2. The summed E-state index contributed by atoms with van der Waals surface area (Å²) in [6.07, 6.45) is 4.28. The van der Waals surface area contributed by atoms with E-state index in [0.29, 0.717) is 32.4 Å². The predicted octanol–water partition coefficient (Wildman–Crippen LogP) is 1.18. The molecule has 3 aliphatic rings. The molecule has 0 bridgehead atoms. The van der Waals surface area contributed by atoms with Crippen molar-refractivity contribution < 1.29 is 14.3 Å². The minimum Gasteiger partial charge on any atom is -0.469 e. The Morgan fingerprint density at radius 1 is 1.27 bits per heavy atom. The Balaban J connectivity index is 1.43. The van der Waals surface area contributed by atoms with Gasteiger partial charge in [0, 0.05) is 30.8 Å². The van der Waals surface area contributed by atoms with Crippen LogP contribution in [0.15, 0.2) is 9.95 Å². The Hall–Kier alpha value is -1.83. The van der Waals surface area contributed by atoms with Crippen molar-refractivity contribution >= 4 is 23.6 Å². The number of thioether (sulfide) groups is 1. The number of piperidine rings is 1. The van der Waals surface area contributed by atoms with Crippen LogP contribution in [-0.2, 0) is 27.2 Å². The molecule has 0 N–H and O–H groups in total. The monoisotopic (exact) mass is 377 g/mol. The number of ether oxygens (including phenoxy) is 1. The second-order valence-electron chi connectivity index (χ2n) is 7.20. The summed E-state index contributed by atoms with van der Waals surface area (Å²) >= 11 is 1.57. The molecule has 2 aliphatic heterocycles. The number of carbonyl (C=O) groups excluding carboxylic acids is 2. The van der Waals surface area contributed by atoms with Crippen LogP contribution >= 0.6 is 11.8 Å². The van der Waals surface area contributed by atoms with Gasteiger partial charge in [-0.2, -0.15) is 0 Å². The van der Waals surface area contributed by atoms with E-state index in [4.69, 9.17) is 4.74 Å². The number of esters is 1. The van der Waals surface area contributed by atoms with Gasteiger partial charge in [0.15, 0.2) is 5.16 Å². The zero-order valence-corrected chi connectivity index (χ0v) is 15.7. The highest BCUT2D eigenvalue weighted by atomic mass is 32.2. The lowest BCUT2D eigenvalue weighted by Gasteiger charge is -2.31. The van der Waals surface area contributed by atoms with Gasteiger partial charge in [0.05, 0.1) is 24.8 Å². The van der Waals surface area contributed by atoms with Crippen molar-refractivity contribution in [2.75, 3.05) is 26.0 Å². The maximum atomic E-state index is 12.8. The van der Waals surface area contributed by atoms with Gasteiger partial charge in [-0.1, -0.05) is 11.8 Å². The quantitative estimate of drug-likeness (QED) is 0.581. The van der Waals surface area contributed by atoms with Crippen molar-refractivity contribution in [3.05, 3.63) is 21.6 Å². The first-order valence-electron chi connectivity index (χ1n) is 9.21. The molecule has 1 amide bonds. The van der Waals surface area contributed by atoms with Crippen molar-refractivity contribution in [3.63, 3.8) is 0 Å². The van der Waals surface area contributed by atoms with Crippen LogP contribution in [0.1, 0.15) is 43.0 Å². The van der Waals surface area contributed by atoms with Gasteiger partial charge in [0.1, 0.15) is 0 Å². The van der Waals surface area contributed by atoms with Gasteiger partial charge in [-0.3, -0.25) is 19.0 Å². The van der Waals surface area contributed by atoms with Crippen LogP contribution in [0.5, 0.6) is 0 Å². The zero-order chi connectivity index (χ0) is 18.3. The molecule has 140 valence electrons. The number of hydrogen-bond acceptors (Lipinski definition) is 6. The van der Waals surface area contributed by atoms with Crippen LogP contribution in [-0.4, -0.2) is 52.3 Å². The highest BCUT2D eigenvalue weighted by Gasteiger charge is 2.33. The molecular weight excluding hydrogens is 354 g/mol. The number of hydrogen-bond donors (Lipinski definition) is 0. The lowest BCUT2D eigenvalue weighted by molar-refractivity contribution is -0.149. The van der Waals surface area contributed by atoms with Gasteiger partial charge >= 0.3 is 5.97 Å². The standard InChI is InChI=1S/C18H23N3O4S/c1-25-17(24)11-5-7-20(8-6-11)15(22)9-12-10-26-18-19-14-4-2-3-13(14)16(23)21(12)18/h11-12H,2-10H2,1H3. The third-order valence-electron chi connectivity index (χ3n) is 5.66. The first kappa shape index (κ1) is 17.6. The topological polar surface area (TPSA) is 81.5 Å². The molecule has 0 radical (unpaired) electrons. The number of fused-ring (bicyclic) bond motifs is 2. The van der Waals surface area contributed by atoms with Gasteiger partial charge in [-0.25, -0.2) is 4.98 Å². The molecule has 1 aliphatic carbocycles. The van der Waals surface area contributed by atoms with E-state index in [2.05, 4.69) is 4.98 Å². The summed E-state index contributed by atoms with van der Waals surface area (Å²) in [5, 5.41) is 0.762. The van der Waals surface area contributed by atoms with Crippen LogP contribution in [0.3, 0.4) is 0 Å². The normalized spacial score (nSPS) is 22.2. The van der Waals surface area contributed by atoms with Crippen LogP contribution in [0, 0.1) is 5.92 Å². The average molecular weight is 377 g/mol. The second kappa shape index (κ2) is 7.06. The van der Waals surface area contributed by atoms with Gasteiger partial charge in [-0.05, 0) is 32.1 Å². The lowest BCUT2D eigenvalue weighted by Crippen LogP contribution is -2.41. The van der Waals surface area contributed by atoms with Gasteiger partial charge in [0.25, 0.3) is 5.56 Å². The number of nitrogens with zero attached hydrogens (tertiary/aromatic N) is 3. The number of methoxy groups -OCH3 is 1. The number of amides is 1. The fourth-order valence-electron chi connectivity index (χ4n) is 4.16. The highest BCUT2D eigenvalue weighted by Crippen LogP contribution is 2.34. The fourth-order valence-corrected chi connectivity index (χ4v) is 5.32. The molecule has 1 fully saturated rings. The highest BCUT2D eigenvalue weighted by molar-refractivity contribution is 7.99. The number of aromatic nitrogens is 2. The Morgan fingerprint density at radius 2 is 2.04 bits per heavy atom. The smallest absolute Gasteiger partial charge is 0.308 e. The first-order chi connectivity index (χ1) is 12.6. The largest absolute Gasteiger partial charge is 0.469 e. The Morgan fingerprint density at radius 3 is 2.77 bits per heavy atom. The Bertz CT molecular complexity index is 798. The molecule has 26 heavy (non-hydrogen) atoms. The van der Waals surface area contributed by atoms with Crippen molar-refractivity contribution in [1.82, 2.24) is 14.5 Å². The molecule has 8 heteroatoms. The lowest BCUT2D eigenvalue weighted by atomic mass is 9.96. The minimum absolute atomic E-state index is 0.0506. The van der Waals surface area contributed by atoms with E-state index < -0.39 is 0 Å². The molecule has 1 saturated heterocycles. The fraction of sp³-hybridized carbons (Fsp3) is 0.667. The maximum absolute atomic E-state index is 12.8. The van der Waals surface area contributed by atoms with Crippen molar-refractivity contribution in [2.45, 2.75) is 49.7 Å². The number of aryl methyl sites for hydroxylation is 1. The summed E-state index contributed by atoms with van der Waals surface area (Å²) in [6.45, 7) is 1.14. The van der Waals surface area contributed by atoms with E-state index in [1.54, 1.807) is 16.3 Å². The zero-order valence-electron chi connectivity index (χ0n) is 14.9. The number of rotatable bonds is 3. The summed E-state index contributed by atoms with van der Waals surface area (Å²) in [5.74, 6) is 0.472. The SMILES string of the molecule is COC(=O)C1CCN(C(=O)CC2CSc3nc4c(c(=O)n32)CCC4)CC1. The molecule has 0 aromatic carbocycles. The van der Waals surface area contributed by atoms with Crippen molar-refractivity contribution in [3.8, 4) is 0 Å².